The highest BCUT2D eigenvalue weighted by atomic mass is 35.5. The van der Waals surface area contributed by atoms with Gasteiger partial charge >= 0.3 is 0 Å². The van der Waals surface area contributed by atoms with Crippen molar-refractivity contribution in [2.45, 2.75) is 37.3 Å². The maximum absolute atomic E-state index is 9.96. The number of nitrogens with two attached hydrogens (primary N) is 1. The first-order chi connectivity index (χ1) is 15.9. The molecular weight excluding hydrogens is 465 g/mol. The zero-order chi connectivity index (χ0) is 23.1. The predicted molar refractivity (Wildman–Crippen MR) is 126 cm³/mol. The minimum absolute atomic E-state index is 0.00847. The van der Waals surface area contributed by atoms with Gasteiger partial charge < -0.3 is 25.1 Å². The van der Waals surface area contributed by atoms with Crippen molar-refractivity contribution >= 4 is 29.0 Å². The molecule has 172 valence electrons. The lowest BCUT2D eigenvalue weighted by Crippen LogP contribution is -2.28. The number of nitrogens with zero attached hydrogens (tertiary/aromatic N) is 2. The van der Waals surface area contributed by atoms with Gasteiger partial charge in [-0.2, -0.15) is 0 Å². The molecule has 4 heterocycles. The summed E-state index contributed by atoms with van der Waals surface area (Å²) in [5, 5.41) is 11.0. The summed E-state index contributed by atoms with van der Waals surface area (Å²) in [5.74, 6) is 0.690. The molecular formula is C24H23Cl2N3O4. The van der Waals surface area contributed by atoms with E-state index in [4.69, 9.17) is 43.1 Å². The SMILES string of the molecule is C[C@@H](Oc1cc(-c2ccc([C@H]3CO[C@H]4[C@@H]3OC[C@H]4O)nc2)cnc1N)c1c(Cl)cccc1Cl. The number of ether oxygens (including phenoxy) is 3. The summed E-state index contributed by atoms with van der Waals surface area (Å²) in [4.78, 5) is 8.92. The van der Waals surface area contributed by atoms with Crippen LogP contribution in [0.4, 0.5) is 5.82 Å². The molecule has 2 saturated heterocycles. The summed E-state index contributed by atoms with van der Waals surface area (Å²) < 4.78 is 17.5. The molecule has 0 unspecified atom stereocenters. The highest BCUT2D eigenvalue weighted by molar-refractivity contribution is 6.36. The number of pyridine rings is 2. The molecule has 2 fully saturated rings. The van der Waals surface area contributed by atoms with Gasteiger partial charge in [0.05, 0.1) is 25.2 Å². The molecule has 0 aliphatic carbocycles. The molecule has 5 atom stereocenters. The number of halogens is 2. The van der Waals surface area contributed by atoms with Gasteiger partial charge in [0.2, 0.25) is 0 Å². The average molecular weight is 488 g/mol. The first kappa shape index (κ1) is 22.4. The van der Waals surface area contributed by atoms with E-state index in [1.807, 2.05) is 25.1 Å². The standard InChI is InChI=1S/C24H23Cl2N3O4/c1-12(21-16(25)3-2-4-17(21)26)33-20-7-14(9-29-24(20)27)13-5-6-18(28-8-13)15-10-31-23-19(30)11-32-22(15)23/h2-9,12,15,19,22-23,30H,10-11H2,1H3,(H2,27,29)/t12-,15-,19-,22-,23-/m1/s1. The number of fused-ring (bicyclic) bond motifs is 1. The summed E-state index contributed by atoms with van der Waals surface area (Å²) in [6.07, 6.45) is 1.99. The topological polar surface area (TPSA) is 99.7 Å². The summed E-state index contributed by atoms with van der Waals surface area (Å²) in [7, 11) is 0. The number of aromatic nitrogens is 2. The number of nitrogen functional groups attached to an aromatic ring is 1. The number of rotatable bonds is 5. The van der Waals surface area contributed by atoms with Gasteiger partial charge in [-0.25, -0.2) is 4.98 Å². The monoisotopic (exact) mass is 487 g/mol. The third kappa shape index (κ3) is 4.27. The lowest BCUT2D eigenvalue weighted by Gasteiger charge is -2.19. The lowest BCUT2D eigenvalue weighted by molar-refractivity contribution is 0.0181. The van der Waals surface area contributed by atoms with Crippen molar-refractivity contribution in [3.05, 3.63) is 70.1 Å². The Hall–Kier alpha value is -2.42. The lowest BCUT2D eigenvalue weighted by atomic mass is 9.96. The Morgan fingerprint density at radius 2 is 1.76 bits per heavy atom. The molecule has 7 nitrogen and oxygen atoms in total. The fourth-order valence-electron chi connectivity index (χ4n) is 4.38. The molecule has 0 spiro atoms. The zero-order valence-corrected chi connectivity index (χ0v) is 19.3. The van der Waals surface area contributed by atoms with Crippen molar-refractivity contribution in [2.75, 3.05) is 18.9 Å². The van der Waals surface area contributed by atoms with E-state index in [1.165, 1.54) is 0 Å². The van der Waals surface area contributed by atoms with Gasteiger partial charge in [0.15, 0.2) is 11.6 Å². The first-order valence-electron chi connectivity index (χ1n) is 10.7. The molecule has 0 saturated carbocycles. The molecule has 0 amide bonds. The molecule has 0 bridgehead atoms. The van der Waals surface area contributed by atoms with Crippen molar-refractivity contribution in [1.82, 2.24) is 9.97 Å². The molecule has 1 aromatic carbocycles. The van der Waals surface area contributed by atoms with Crippen molar-refractivity contribution in [1.29, 1.82) is 0 Å². The van der Waals surface area contributed by atoms with Gasteiger partial charge in [0, 0.05) is 44.8 Å². The van der Waals surface area contributed by atoms with Crippen molar-refractivity contribution < 1.29 is 19.3 Å². The van der Waals surface area contributed by atoms with E-state index in [0.29, 0.717) is 34.6 Å². The second kappa shape index (κ2) is 9.08. The van der Waals surface area contributed by atoms with Crippen LogP contribution in [-0.2, 0) is 9.47 Å². The fourth-order valence-corrected chi connectivity index (χ4v) is 5.09. The molecule has 0 radical (unpaired) electrons. The molecule has 33 heavy (non-hydrogen) atoms. The highest BCUT2D eigenvalue weighted by Gasteiger charge is 2.48. The molecule has 2 aliphatic rings. The van der Waals surface area contributed by atoms with Crippen molar-refractivity contribution in [3.63, 3.8) is 0 Å². The van der Waals surface area contributed by atoms with Crippen LogP contribution in [0.15, 0.2) is 48.8 Å². The van der Waals surface area contributed by atoms with Gasteiger partial charge in [-0.15, -0.1) is 0 Å². The van der Waals surface area contributed by atoms with Crippen molar-refractivity contribution in [2.24, 2.45) is 0 Å². The van der Waals surface area contributed by atoms with Gasteiger partial charge in [0.1, 0.15) is 18.3 Å². The number of aliphatic hydroxyl groups is 1. The van der Waals surface area contributed by atoms with Crippen molar-refractivity contribution in [3.8, 4) is 16.9 Å². The molecule has 9 heteroatoms. The van der Waals surface area contributed by atoms with Crippen LogP contribution in [0.25, 0.3) is 11.1 Å². The fraction of sp³-hybridized carbons (Fsp3) is 0.333. The van der Waals surface area contributed by atoms with E-state index >= 15 is 0 Å². The van der Waals surface area contributed by atoms with Crippen LogP contribution in [0.5, 0.6) is 5.75 Å². The van der Waals surface area contributed by atoms with E-state index in [1.54, 1.807) is 30.6 Å². The minimum Gasteiger partial charge on any atom is -0.482 e. The van der Waals surface area contributed by atoms with Crippen LogP contribution in [0.2, 0.25) is 10.0 Å². The Balaban J connectivity index is 1.36. The number of benzene rings is 1. The van der Waals surface area contributed by atoms with Crippen LogP contribution in [0.3, 0.4) is 0 Å². The van der Waals surface area contributed by atoms with Crippen LogP contribution in [0, 0.1) is 0 Å². The summed E-state index contributed by atoms with van der Waals surface area (Å²) >= 11 is 12.6. The Kier molecular flexibility index (Phi) is 6.16. The molecule has 3 N–H and O–H groups in total. The van der Waals surface area contributed by atoms with E-state index in [2.05, 4.69) is 9.97 Å². The van der Waals surface area contributed by atoms with Gasteiger partial charge in [0.25, 0.3) is 0 Å². The first-order valence-corrected chi connectivity index (χ1v) is 11.4. The Morgan fingerprint density at radius 3 is 2.48 bits per heavy atom. The Labute approximate surface area is 201 Å². The molecule has 3 aromatic rings. The number of hydrogen-bond acceptors (Lipinski definition) is 7. The van der Waals surface area contributed by atoms with E-state index in [9.17, 15) is 5.11 Å². The van der Waals surface area contributed by atoms with Crippen LogP contribution < -0.4 is 10.5 Å². The van der Waals surface area contributed by atoms with Crippen LogP contribution in [-0.4, -0.2) is 46.6 Å². The normalized spacial score (nSPS) is 25.1. The highest BCUT2D eigenvalue weighted by Crippen LogP contribution is 2.38. The second-order valence-corrected chi connectivity index (χ2v) is 9.06. The van der Waals surface area contributed by atoms with Crippen LogP contribution in [0.1, 0.15) is 30.2 Å². The molecule has 2 aliphatic heterocycles. The third-order valence-corrected chi connectivity index (χ3v) is 6.78. The minimum atomic E-state index is -0.582. The maximum Gasteiger partial charge on any atom is 0.166 e. The molecule has 5 rings (SSSR count). The average Bonchev–Trinajstić information content (AvgIpc) is 3.38. The quantitative estimate of drug-likeness (QED) is 0.549. The number of hydrogen-bond donors (Lipinski definition) is 2. The van der Waals surface area contributed by atoms with Gasteiger partial charge in [-0.3, -0.25) is 4.98 Å². The summed E-state index contributed by atoms with van der Waals surface area (Å²) in [5.41, 5.74) is 9.30. The van der Waals surface area contributed by atoms with E-state index in [0.717, 1.165) is 16.8 Å². The third-order valence-electron chi connectivity index (χ3n) is 6.12. The second-order valence-electron chi connectivity index (χ2n) is 8.24. The van der Waals surface area contributed by atoms with Crippen LogP contribution >= 0.6 is 23.2 Å². The van der Waals surface area contributed by atoms with E-state index in [-0.39, 0.29) is 23.9 Å². The predicted octanol–water partition coefficient (Wildman–Crippen LogP) is 4.41. The van der Waals surface area contributed by atoms with E-state index < -0.39 is 12.2 Å². The van der Waals surface area contributed by atoms with Gasteiger partial charge in [-0.05, 0) is 31.2 Å². The van der Waals surface area contributed by atoms with Gasteiger partial charge in [-0.1, -0.05) is 35.3 Å². The zero-order valence-electron chi connectivity index (χ0n) is 17.8. The summed E-state index contributed by atoms with van der Waals surface area (Å²) in [6, 6.07) is 11.1. The largest absolute Gasteiger partial charge is 0.482 e. The number of anilines is 1. The Bertz CT molecular complexity index is 1140. The summed E-state index contributed by atoms with van der Waals surface area (Å²) in [6.45, 7) is 2.62. The smallest absolute Gasteiger partial charge is 0.166 e. The Morgan fingerprint density at radius 1 is 1.03 bits per heavy atom. The number of aliphatic hydroxyl groups excluding tert-OH is 1. The maximum atomic E-state index is 9.96. The molecule has 2 aromatic heterocycles.